The third kappa shape index (κ3) is 3.66. The first kappa shape index (κ1) is 22.2. The van der Waals surface area contributed by atoms with Crippen molar-refractivity contribution in [1.82, 2.24) is 0 Å². The maximum atomic E-state index is 12.9. The SMILES string of the molecule is CC(=O)OCC(=O)[C@@H]1CC[C@@H]2[C@@H]3C[C@H](OC(C)=O)C4=CC(=O)CC[C@]4(C)[C@@H]3CC[C@]21C. The molecule has 0 aliphatic heterocycles. The zero-order valence-electron chi connectivity index (χ0n) is 19.1. The van der Waals surface area contributed by atoms with Crippen molar-refractivity contribution in [3.05, 3.63) is 11.6 Å². The summed E-state index contributed by atoms with van der Waals surface area (Å²) in [5.74, 6) is 0.469. The normalized spacial score (nSPS) is 41.4. The highest BCUT2D eigenvalue weighted by molar-refractivity contribution is 5.92. The fourth-order valence-electron chi connectivity index (χ4n) is 7.69. The molecular formula is C25H34O6. The lowest BCUT2D eigenvalue weighted by atomic mass is 9.46. The molecule has 0 saturated heterocycles. The van der Waals surface area contributed by atoms with E-state index in [9.17, 15) is 19.2 Å². The summed E-state index contributed by atoms with van der Waals surface area (Å²) in [7, 11) is 0. The van der Waals surface area contributed by atoms with Crippen molar-refractivity contribution < 1.29 is 28.7 Å². The minimum absolute atomic E-state index is 0.0288. The molecular weight excluding hydrogens is 396 g/mol. The molecule has 7 atom stereocenters. The summed E-state index contributed by atoms with van der Waals surface area (Å²) in [4.78, 5) is 48.2. The molecule has 0 spiro atoms. The molecule has 0 bridgehead atoms. The van der Waals surface area contributed by atoms with Gasteiger partial charge in [0.1, 0.15) is 12.7 Å². The number of ether oxygens (including phenoxy) is 2. The second-order valence-corrected chi connectivity index (χ2v) is 10.6. The highest BCUT2D eigenvalue weighted by Crippen LogP contribution is 2.67. The molecule has 4 rings (SSSR count). The largest absolute Gasteiger partial charge is 0.458 e. The monoisotopic (exact) mass is 430 g/mol. The topological polar surface area (TPSA) is 86.7 Å². The van der Waals surface area contributed by atoms with Crippen molar-refractivity contribution in [2.24, 2.45) is 34.5 Å². The standard InChI is InChI=1S/C25H34O6/c1-14(26)30-13-22(29)20-6-5-18-17-12-23(31-15(2)27)21-11-16(28)7-9-25(21,4)19(17)8-10-24(18,20)3/h11,17-20,23H,5-10,12-13H2,1-4H3/t17-,18+,19+,20-,23-,24+,25+/m0/s1. The molecule has 0 unspecified atom stereocenters. The zero-order chi connectivity index (χ0) is 22.6. The Morgan fingerprint density at radius 1 is 1.03 bits per heavy atom. The quantitative estimate of drug-likeness (QED) is 0.631. The Hall–Kier alpha value is -1.98. The molecule has 3 fully saturated rings. The van der Waals surface area contributed by atoms with Gasteiger partial charge in [-0.2, -0.15) is 0 Å². The van der Waals surface area contributed by atoms with E-state index in [0.717, 1.165) is 44.1 Å². The van der Waals surface area contributed by atoms with Crippen LogP contribution in [0.5, 0.6) is 0 Å². The van der Waals surface area contributed by atoms with E-state index in [2.05, 4.69) is 13.8 Å². The van der Waals surface area contributed by atoms with Crippen LogP contribution < -0.4 is 0 Å². The van der Waals surface area contributed by atoms with Gasteiger partial charge in [0.15, 0.2) is 11.6 Å². The number of ketones is 2. The van der Waals surface area contributed by atoms with Gasteiger partial charge in [0.2, 0.25) is 0 Å². The minimum Gasteiger partial charge on any atom is -0.458 e. The van der Waals surface area contributed by atoms with Crippen molar-refractivity contribution in [3.63, 3.8) is 0 Å². The van der Waals surface area contributed by atoms with Crippen LogP contribution in [-0.2, 0) is 28.7 Å². The molecule has 3 saturated carbocycles. The van der Waals surface area contributed by atoms with Crippen molar-refractivity contribution in [2.75, 3.05) is 6.61 Å². The first-order valence-corrected chi connectivity index (χ1v) is 11.6. The molecule has 0 aromatic rings. The maximum Gasteiger partial charge on any atom is 0.303 e. The number of hydrogen-bond donors (Lipinski definition) is 0. The third-order valence-corrected chi connectivity index (χ3v) is 9.07. The van der Waals surface area contributed by atoms with Crippen LogP contribution in [0.4, 0.5) is 0 Å². The predicted octanol–water partition coefficient (Wildman–Crippen LogP) is 3.81. The van der Waals surface area contributed by atoms with Gasteiger partial charge in [0.25, 0.3) is 0 Å². The minimum atomic E-state index is -0.424. The smallest absolute Gasteiger partial charge is 0.303 e. The Balaban J connectivity index is 1.63. The second kappa shape index (κ2) is 7.86. The molecule has 0 heterocycles. The maximum absolute atomic E-state index is 12.9. The Morgan fingerprint density at radius 2 is 1.77 bits per heavy atom. The molecule has 0 N–H and O–H groups in total. The van der Waals surface area contributed by atoms with Gasteiger partial charge >= 0.3 is 11.9 Å². The van der Waals surface area contributed by atoms with Crippen LogP contribution >= 0.6 is 0 Å². The summed E-state index contributed by atoms with van der Waals surface area (Å²) < 4.78 is 10.8. The van der Waals surface area contributed by atoms with Gasteiger partial charge in [-0.15, -0.1) is 0 Å². The lowest BCUT2D eigenvalue weighted by Crippen LogP contribution is -2.55. The molecule has 6 nitrogen and oxygen atoms in total. The van der Waals surface area contributed by atoms with Crippen molar-refractivity contribution in [3.8, 4) is 0 Å². The fourth-order valence-corrected chi connectivity index (χ4v) is 7.69. The zero-order valence-corrected chi connectivity index (χ0v) is 19.1. The van der Waals surface area contributed by atoms with E-state index in [-0.39, 0.29) is 47.0 Å². The van der Waals surface area contributed by atoms with Gasteiger partial charge in [-0.1, -0.05) is 13.8 Å². The lowest BCUT2D eigenvalue weighted by Gasteiger charge is -2.59. The van der Waals surface area contributed by atoms with Crippen LogP contribution in [0.1, 0.15) is 72.6 Å². The molecule has 170 valence electrons. The van der Waals surface area contributed by atoms with E-state index >= 15 is 0 Å². The van der Waals surface area contributed by atoms with Crippen LogP contribution in [-0.4, -0.2) is 36.2 Å². The van der Waals surface area contributed by atoms with Gasteiger partial charge < -0.3 is 9.47 Å². The van der Waals surface area contributed by atoms with Gasteiger partial charge in [0, 0.05) is 26.2 Å². The molecule has 4 aliphatic rings. The summed E-state index contributed by atoms with van der Waals surface area (Å²) >= 11 is 0. The highest BCUT2D eigenvalue weighted by atomic mass is 16.5. The first-order chi connectivity index (χ1) is 14.6. The summed E-state index contributed by atoms with van der Waals surface area (Å²) in [5.41, 5.74) is 0.739. The third-order valence-electron chi connectivity index (χ3n) is 9.07. The second-order valence-electron chi connectivity index (χ2n) is 10.6. The lowest BCUT2D eigenvalue weighted by molar-refractivity contribution is -0.155. The number of carbonyl (C=O) groups excluding carboxylic acids is 4. The van der Waals surface area contributed by atoms with E-state index in [0.29, 0.717) is 24.2 Å². The van der Waals surface area contributed by atoms with E-state index in [1.54, 1.807) is 6.08 Å². The predicted molar refractivity (Wildman–Crippen MR) is 113 cm³/mol. The summed E-state index contributed by atoms with van der Waals surface area (Å²) in [6.07, 6.45) is 7.22. The van der Waals surface area contributed by atoms with Gasteiger partial charge in [0.05, 0.1) is 0 Å². The van der Waals surface area contributed by atoms with E-state index in [1.807, 2.05) is 0 Å². The van der Waals surface area contributed by atoms with Crippen molar-refractivity contribution >= 4 is 23.5 Å². The Bertz CT molecular complexity index is 843. The number of rotatable bonds is 4. The summed E-state index contributed by atoms with van der Waals surface area (Å²) in [5, 5.41) is 0. The number of carbonyl (C=O) groups is 4. The van der Waals surface area contributed by atoms with Crippen LogP contribution in [0.25, 0.3) is 0 Å². The van der Waals surface area contributed by atoms with Crippen LogP contribution in [0, 0.1) is 34.5 Å². The van der Waals surface area contributed by atoms with Crippen LogP contribution in [0.2, 0.25) is 0 Å². The average molecular weight is 431 g/mol. The number of hydrogen-bond acceptors (Lipinski definition) is 6. The van der Waals surface area contributed by atoms with E-state index in [4.69, 9.17) is 9.47 Å². The molecule has 0 radical (unpaired) electrons. The van der Waals surface area contributed by atoms with Gasteiger partial charge in [-0.05, 0) is 78.8 Å². The molecule has 4 aliphatic carbocycles. The first-order valence-electron chi connectivity index (χ1n) is 11.6. The number of fused-ring (bicyclic) bond motifs is 5. The number of Topliss-reactive ketones (excluding diaryl/α,β-unsaturated/α-hetero) is 1. The van der Waals surface area contributed by atoms with Crippen LogP contribution in [0.15, 0.2) is 11.6 Å². The Morgan fingerprint density at radius 3 is 2.45 bits per heavy atom. The van der Waals surface area contributed by atoms with E-state index in [1.165, 1.54) is 13.8 Å². The van der Waals surface area contributed by atoms with Crippen LogP contribution in [0.3, 0.4) is 0 Å². The average Bonchev–Trinajstić information content (AvgIpc) is 3.04. The summed E-state index contributed by atoms with van der Waals surface area (Å²) in [6.45, 7) is 7.10. The Labute approximate surface area is 184 Å². The molecule has 0 amide bonds. The highest BCUT2D eigenvalue weighted by Gasteiger charge is 2.62. The van der Waals surface area contributed by atoms with Gasteiger partial charge in [-0.25, -0.2) is 0 Å². The Kier molecular flexibility index (Phi) is 5.63. The molecule has 0 aromatic carbocycles. The van der Waals surface area contributed by atoms with Gasteiger partial charge in [-0.3, -0.25) is 19.2 Å². The molecule has 31 heavy (non-hydrogen) atoms. The molecule has 0 aromatic heterocycles. The van der Waals surface area contributed by atoms with E-state index < -0.39 is 5.97 Å². The van der Waals surface area contributed by atoms with Crippen molar-refractivity contribution in [1.29, 1.82) is 0 Å². The fraction of sp³-hybridized carbons (Fsp3) is 0.760. The summed E-state index contributed by atoms with van der Waals surface area (Å²) in [6, 6.07) is 0. The molecule has 6 heteroatoms. The van der Waals surface area contributed by atoms with Crippen molar-refractivity contribution in [2.45, 2.75) is 78.7 Å². The number of esters is 2.